The van der Waals surface area contributed by atoms with Gasteiger partial charge in [-0.1, -0.05) is 0 Å². The van der Waals surface area contributed by atoms with Crippen LogP contribution in [0.3, 0.4) is 0 Å². The molecule has 0 aromatic heterocycles. The average molecular weight is 209 g/mol. The normalized spacial score (nSPS) is 14.8. The van der Waals surface area contributed by atoms with E-state index < -0.39 is 5.82 Å². The topological polar surface area (TPSA) is 38.3 Å². The maximum atomic E-state index is 13.3. The van der Waals surface area contributed by atoms with Gasteiger partial charge in [-0.05, 0) is 31.0 Å². The lowest BCUT2D eigenvalue weighted by Gasteiger charge is -2.07. The van der Waals surface area contributed by atoms with Crippen LogP contribution in [0.15, 0.2) is 18.2 Å². The number of rotatable bonds is 3. The molecule has 0 unspecified atom stereocenters. The second-order valence-electron chi connectivity index (χ2n) is 3.54. The fourth-order valence-corrected chi connectivity index (χ4v) is 1.24. The third kappa shape index (κ3) is 2.26. The number of carbonyl (C=O) groups is 1. The zero-order valence-electron chi connectivity index (χ0n) is 8.42. The standard InChI is InChI=1S/C11H12FNO2/c1-13-11(14)7-2-5-9(12)10(6-7)15-8-3-4-8/h2,5-6,8H,3-4H2,1H3,(H,13,14). The SMILES string of the molecule is CNC(=O)c1ccc(F)c(OC2CC2)c1. The fraction of sp³-hybridized carbons (Fsp3) is 0.364. The van der Waals surface area contributed by atoms with E-state index >= 15 is 0 Å². The molecule has 1 aromatic carbocycles. The van der Waals surface area contributed by atoms with Crippen LogP contribution < -0.4 is 10.1 Å². The number of ether oxygens (including phenoxy) is 1. The first-order valence-electron chi connectivity index (χ1n) is 4.89. The lowest BCUT2D eigenvalue weighted by atomic mass is 10.2. The Kier molecular flexibility index (Phi) is 2.58. The van der Waals surface area contributed by atoms with Crippen molar-refractivity contribution in [3.05, 3.63) is 29.6 Å². The Hall–Kier alpha value is -1.58. The van der Waals surface area contributed by atoms with Gasteiger partial charge in [0.25, 0.3) is 5.91 Å². The number of carbonyl (C=O) groups excluding carboxylic acids is 1. The molecule has 1 aromatic rings. The third-order valence-electron chi connectivity index (χ3n) is 2.24. The summed E-state index contributed by atoms with van der Waals surface area (Å²) in [5.41, 5.74) is 0.412. The van der Waals surface area contributed by atoms with E-state index in [0.29, 0.717) is 5.56 Å². The highest BCUT2D eigenvalue weighted by atomic mass is 19.1. The van der Waals surface area contributed by atoms with Gasteiger partial charge in [0.05, 0.1) is 6.10 Å². The minimum Gasteiger partial charge on any atom is -0.487 e. The average Bonchev–Trinajstić information content (AvgIpc) is 3.04. The second kappa shape index (κ2) is 3.88. The molecule has 1 N–H and O–H groups in total. The van der Waals surface area contributed by atoms with E-state index in [1.54, 1.807) is 0 Å². The molecule has 0 spiro atoms. The maximum Gasteiger partial charge on any atom is 0.251 e. The number of benzene rings is 1. The van der Waals surface area contributed by atoms with Gasteiger partial charge < -0.3 is 10.1 Å². The largest absolute Gasteiger partial charge is 0.487 e. The molecular weight excluding hydrogens is 197 g/mol. The van der Waals surface area contributed by atoms with Gasteiger partial charge in [0.2, 0.25) is 0 Å². The zero-order valence-corrected chi connectivity index (χ0v) is 8.42. The van der Waals surface area contributed by atoms with Crippen molar-refractivity contribution in [2.24, 2.45) is 0 Å². The summed E-state index contributed by atoms with van der Waals surface area (Å²) >= 11 is 0. The molecule has 0 aliphatic heterocycles. The summed E-state index contributed by atoms with van der Waals surface area (Å²) < 4.78 is 18.6. The Balaban J connectivity index is 2.22. The smallest absolute Gasteiger partial charge is 0.251 e. The first-order chi connectivity index (χ1) is 7.20. The predicted octanol–water partition coefficient (Wildman–Crippen LogP) is 1.73. The summed E-state index contributed by atoms with van der Waals surface area (Å²) in [4.78, 5) is 11.3. The van der Waals surface area contributed by atoms with Crippen molar-refractivity contribution in [3.63, 3.8) is 0 Å². The molecule has 80 valence electrons. The van der Waals surface area contributed by atoms with Crippen molar-refractivity contribution in [1.29, 1.82) is 0 Å². The van der Waals surface area contributed by atoms with E-state index in [9.17, 15) is 9.18 Å². The Labute approximate surface area is 87.2 Å². The summed E-state index contributed by atoms with van der Waals surface area (Å²) in [6.07, 6.45) is 2.05. The van der Waals surface area contributed by atoms with Crippen LogP contribution in [0, 0.1) is 5.82 Å². The number of nitrogens with one attached hydrogen (secondary N) is 1. The molecule has 0 saturated heterocycles. The highest BCUT2D eigenvalue weighted by Gasteiger charge is 2.25. The van der Waals surface area contributed by atoms with Crippen LogP contribution in [0.5, 0.6) is 5.75 Å². The summed E-state index contributed by atoms with van der Waals surface area (Å²) in [6, 6.07) is 4.13. The van der Waals surface area contributed by atoms with E-state index in [0.717, 1.165) is 12.8 Å². The molecule has 2 rings (SSSR count). The van der Waals surface area contributed by atoms with Crippen LogP contribution in [0.25, 0.3) is 0 Å². The van der Waals surface area contributed by atoms with Crippen molar-refractivity contribution in [1.82, 2.24) is 5.32 Å². The second-order valence-corrected chi connectivity index (χ2v) is 3.54. The highest BCUT2D eigenvalue weighted by Crippen LogP contribution is 2.29. The van der Waals surface area contributed by atoms with E-state index in [1.807, 2.05) is 0 Å². The number of hydrogen-bond donors (Lipinski definition) is 1. The van der Waals surface area contributed by atoms with E-state index in [-0.39, 0.29) is 17.8 Å². The summed E-state index contributed by atoms with van der Waals surface area (Å²) in [6.45, 7) is 0. The fourth-order valence-electron chi connectivity index (χ4n) is 1.24. The molecule has 1 saturated carbocycles. The van der Waals surface area contributed by atoms with Gasteiger partial charge in [0.1, 0.15) is 0 Å². The molecule has 1 fully saturated rings. The van der Waals surface area contributed by atoms with Crippen molar-refractivity contribution in [3.8, 4) is 5.75 Å². The molecular formula is C11H12FNO2. The van der Waals surface area contributed by atoms with Gasteiger partial charge in [0.15, 0.2) is 11.6 Å². The molecule has 1 aliphatic carbocycles. The van der Waals surface area contributed by atoms with Crippen molar-refractivity contribution < 1.29 is 13.9 Å². The highest BCUT2D eigenvalue weighted by molar-refractivity contribution is 5.94. The Bertz CT molecular complexity index is 388. The van der Waals surface area contributed by atoms with Crippen LogP contribution in [-0.4, -0.2) is 19.1 Å². The molecule has 1 amide bonds. The molecule has 0 radical (unpaired) electrons. The quantitative estimate of drug-likeness (QED) is 0.823. The van der Waals surface area contributed by atoms with Crippen LogP contribution in [-0.2, 0) is 0 Å². The molecule has 3 nitrogen and oxygen atoms in total. The first-order valence-corrected chi connectivity index (χ1v) is 4.89. The third-order valence-corrected chi connectivity index (χ3v) is 2.24. The van der Waals surface area contributed by atoms with Crippen LogP contribution in [0.2, 0.25) is 0 Å². The van der Waals surface area contributed by atoms with Crippen molar-refractivity contribution >= 4 is 5.91 Å². The van der Waals surface area contributed by atoms with Crippen molar-refractivity contribution in [2.45, 2.75) is 18.9 Å². The molecule has 4 heteroatoms. The Morgan fingerprint density at radius 2 is 2.27 bits per heavy atom. The van der Waals surface area contributed by atoms with Crippen LogP contribution >= 0.6 is 0 Å². The van der Waals surface area contributed by atoms with E-state index in [1.165, 1.54) is 25.2 Å². The Morgan fingerprint density at radius 1 is 1.53 bits per heavy atom. The van der Waals surface area contributed by atoms with Gasteiger partial charge in [-0.2, -0.15) is 0 Å². The van der Waals surface area contributed by atoms with Crippen molar-refractivity contribution in [2.75, 3.05) is 7.05 Å². The molecule has 1 aliphatic rings. The van der Waals surface area contributed by atoms with Gasteiger partial charge >= 0.3 is 0 Å². The molecule has 0 heterocycles. The predicted molar refractivity (Wildman–Crippen MR) is 53.4 cm³/mol. The summed E-state index contributed by atoms with van der Waals surface area (Å²) in [5, 5.41) is 2.48. The molecule has 0 atom stereocenters. The molecule has 0 bridgehead atoms. The number of halogens is 1. The Morgan fingerprint density at radius 3 is 2.87 bits per heavy atom. The lowest BCUT2D eigenvalue weighted by molar-refractivity contribution is 0.0962. The van der Waals surface area contributed by atoms with Gasteiger partial charge in [-0.25, -0.2) is 4.39 Å². The summed E-state index contributed by atoms with van der Waals surface area (Å²) in [7, 11) is 1.53. The van der Waals surface area contributed by atoms with E-state index in [4.69, 9.17) is 4.74 Å². The van der Waals surface area contributed by atoms with Crippen LogP contribution in [0.1, 0.15) is 23.2 Å². The number of amides is 1. The molecule has 15 heavy (non-hydrogen) atoms. The first kappa shape index (κ1) is 9.96. The van der Waals surface area contributed by atoms with Crippen LogP contribution in [0.4, 0.5) is 4.39 Å². The maximum absolute atomic E-state index is 13.3. The lowest BCUT2D eigenvalue weighted by Crippen LogP contribution is -2.17. The number of hydrogen-bond acceptors (Lipinski definition) is 2. The summed E-state index contributed by atoms with van der Waals surface area (Å²) in [5.74, 6) is -0.496. The minimum absolute atomic E-state index is 0.124. The van der Waals surface area contributed by atoms with Gasteiger partial charge in [0, 0.05) is 12.6 Å². The van der Waals surface area contributed by atoms with Gasteiger partial charge in [-0.3, -0.25) is 4.79 Å². The minimum atomic E-state index is -0.422. The zero-order chi connectivity index (χ0) is 10.8. The van der Waals surface area contributed by atoms with E-state index in [2.05, 4.69) is 5.32 Å². The van der Waals surface area contributed by atoms with Gasteiger partial charge in [-0.15, -0.1) is 0 Å². The monoisotopic (exact) mass is 209 g/mol.